The van der Waals surface area contributed by atoms with E-state index in [-0.39, 0.29) is 5.41 Å². The molecule has 0 heterocycles. The van der Waals surface area contributed by atoms with E-state index in [0.29, 0.717) is 6.61 Å². The van der Waals surface area contributed by atoms with Crippen LogP contribution in [0.15, 0.2) is 36.4 Å². The van der Waals surface area contributed by atoms with Crippen LogP contribution in [0, 0.1) is 13.8 Å². The van der Waals surface area contributed by atoms with Crippen molar-refractivity contribution in [3.63, 3.8) is 0 Å². The lowest BCUT2D eigenvalue weighted by molar-refractivity contribution is 0.302. The second-order valence-corrected chi connectivity index (χ2v) is 6.66. The van der Waals surface area contributed by atoms with Crippen LogP contribution in [0.2, 0.25) is 0 Å². The Morgan fingerprint density at radius 1 is 0.952 bits per heavy atom. The normalized spacial score (nSPS) is 11.5. The molecule has 2 heteroatoms. The number of nitrogens with two attached hydrogens (primary N) is 1. The predicted octanol–water partition coefficient (Wildman–Crippen LogP) is 4.76. The van der Waals surface area contributed by atoms with Gasteiger partial charge in [-0.1, -0.05) is 51.1 Å². The van der Waals surface area contributed by atoms with Gasteiger partial charge in [-0.2, -0.15) is 0 Å². The van der Waals surface area contributed by atoms with Crippen LogP contribution in [0.1, 0.15) is 43.0 Å². The van der Waals surface area contributed by atoms with Gasteiger partial charge < -0.3 is 10.5 Å². The van der Waals surface area contributed by atoms with Crippen molar-refractivity contribution in [1.29, 1.82) is 0 Å². The average Bonchev–Trinajstić information content (AvgIpc) is 2.43. The van der Waals surface area contributed by atoms with Gasteiger partial charge in [-0.15, -0.1) is 0 Å². The molecule has 2 nitrogen and oxygen atoms in total. The molecule has 0 saturated carbocycles. The fourth-order valence-corrected chi connectivity index (χ4v) is 2.32. The molecule has 21 heavy (non-hydrogen) atoms. The zero-order chi connectivity index (χ0) is 15.6. The molecule has 0 atom stereocenters. The van der Waals surface area contributed by atoms with Crippen molar-refractivity contribution in [3.05, 3.63) is 58.7 Å². The Hall–Kier alpha value is -1.96. The van der Waals surface area contributed by atoms with Crippen molar-refractivity contribution in [3.8, 4) is 5.75 Å². The molecule has 0 unspecified atom stereocenters. The third kappa shape index (κ3) is 3.57. The largest absolute Gasteiger partial charge is 0.488 e. The van der Waals surface area contributed by atoms with Crippen LogP contribution < -0.4 is 10.5 Å². The van der Waals surface area contributed by atoms with E-state index in [0.717, 1.165) is 22.6 Å². The first-order valence-corrected chi connectivity index (χ1v) is 7.37. The van der Waals surface area contributed by atoms with Crippen molar-refractivity contribution in [2.75, 3.05) is 5.73 Å². The third-order valence-corrected chi connectivity index (χ3v) is 3.85. The average molecular weight is 283 g/mol. The van der Waals surface area contributed by atoms with E-state index < -0.39 is 0 Å². The minimum Gasteiger partial charge on any atom is -0.488 e. The maximum Gasteiger partial charge on any atom is 0.127 e. The van der Waals surface area contributed by atoms with Crippen LogP contribution in [0.3, 0.4) is 0 Å². The van der Waals surface area contributed by atoms with Crippen LogP contribution in [0.4, 0.5) is 5.69 Å². The quantitative estimate of drug-likeness (QED) is 0.824. The Kier molecular flexibility index (Phi) is 4.26. The number of nitrogen functional groups attached to an aromatic ring is 1. The smallest absolute Gasteiger partial charge is 0.127 e. The van der Waals surface area contributed by atoms with Gasteiger partial charge in [-0.05, 0) is 42.0 Å². The van der Waals surface area contributed by atoms with E-state index in [2.05, 4.69) is 45.0 Å². The van der Waals surface area contributed by atoms with Gasteiger partial charge in [0, 0.05) is 11.3 Å². The highest BCUT2D eigenvalue weighted by atomic mass is 16.5. The molecule has 2 aromatic rings. The van der Waals surface area contributed by atoms with Gasteiger partial charge in [-0.3, -0.25) is 0 Å². The summed E-state index contributed by atoms with van der Waals surface area (Å²) >= 11 is 0. The number of benzene rings is 2. The Balaban J connectivity index is 2.12. The molecular weight excluding hydrogens is 258 g/mol. The van der Waals surface area contributed by atoms with E-state index >= 15 is 0 Å². The second kappa shape index (κ2) is 5.80. The number of hydrogen-bond acceptors (Lipinski definition) is 2. The minimum atomic E-state index is 0.181. The first-order valence-electron chi connectivity index (χ1n) is 7.37. The lowest BCUT2D eigenvalue weighted by Gasteiger charge is -2.19. The van der Waals surface area contributed by atoms with Crippen molar-refractivity contribution >= 4 is 5.69 Å². The topological polar surface area (TPSA) is 35.2 Å². The van der Waals surface area contributed by atoms with Gasteiger partial charge in [0.25, 0.3) is 0 Å². The SMILES string of the molecule is Cc1ccc(N)c(C)c1OCc1ccc(C(C)(C)C)cc1. The molecule has 2 N–H and O–H groups in total. The first-order chi connectivity index (χ1) is 9.79. The number of rotatable bonds is 3. The van der Waals surface area contributed by atoms with E-state index in [1.165, 1.54) is 11.1 Å². The van der Waals surface area contributed by atoms with Gasteiger partial charge >= 0.3 is 0 Å². The summed E-state index contributed by atoms with van der Waals surface area (Å²) < 4.78 is 5.98. The molecule has 112 valence electrons. The monoisotopic (exact) mass is 283 g/mol. The summed E-state index contributed by atoms with van der Waals surface area (Å²) in [5.74, 6) is 0.898. The zero-order valence-electron chi connectivity index (χ0n) is 13.7. The summed E-state index contributed by atoms with van der Waals surface area (Å²) in [7, 11) is 0. The minimum absolute atomic E-state index is 0.181. The maximum absolute atomic E-state index is 5.98. The molecule has 0 radical (unpaired) electrons. The molecule has 0 aromatic heterocycles. The maximum atomic E-state index is 5.98. The number of hydrogen-bond donors (Lipinski definition) is 1. The van der Waals surface area contributed by atoms with Crippen LogP contribution >= 0.6 is 0 Å². The van der Waals surface area contributed by atoms with Crippen molar-refractivity contribution in [1.82, 2.24) is 0 Å². The van der Waals surface area contributed by atoms with E-state index in [1.54, 1.807) is 0 Å². The van der Waals surface area contributed by atoms with Crippen molar-refractivity contribution in [2.24, 2.45) is 0 Å². The standard InChI is InChI=1S/C19H25NO/c1-13-6-11-17(20)14(2)18(13)21-12-15-7-9-16(10-8-15)19(3,4)5/h6-11H,12,20H2,1-5H3. The zero-order valence-corrected chi connectivity index (χ0v) is 13.7. The summed E-state index contributed by atoms with van der Waals surface area (Å²) in [5.41, 5.74) is 11.5. The van der Waals surface area contributed by atoms with E-state index in [9.17, 15) is 0 Å². The molecule has 0 spiro atoms. The van der Waals surface area contributed by atoms with E-state index in [4.69, 9.17) is 10.5 Å². The molecule has 0 saturated heterocycles. The second-order valence-electron chi connectivity index (χ2n) is 6.66. The van der Waals surface area contributed by atoms with Gasteiger partial charge in [0.2, 0.25) is 0 Å². The number of aryl methyl sites for hydroxylation is 1. The highest BCUT2D eigenvalue weighted by Gasteiger charge is 2.13. The Bertz CT molecular complexity index is 621. The lowest BCUT2D eigenvalue weighted by Crippen LogP contribution is -2.11. The third-order valence-electron chi connectivity index (χ3n) is 3.85. The van der Waals surface area contributed by atoms with Gasteiger partial charge in [-0.25, -0.2) is 0 Å². The fourth-order valence-electron chi connectivity index (χ4n) is 2.32. The molecular formula is C19H25NO. The van der Waals surface area contributed by atoms with E-state index in [1.807, 2.05) is 26.0 Å². The van der Waals surface area contributed by atoms with Gasteiger partial charge in [0.1, 0.15) is 12.4 Å². The highest BCUT2D eigenvalue weighted by Crippen LogP contribution is 2.28. The first kappa shape index (κ1) is 15.4. The van der Waals surface area contributed by atoms with Gasteiger partial charge in [0.05, 0.1) is 0 Å². The molecule has 0 aliphatic carbocycles. The van der Waals surface area contributed by atoms with Crippen molar-refractivity contribution in [2.45, 2.75) is 46.6 Å². The van der Waals surface area contributed by atoms with Crippen molar-refractivity contribution < 1.29 is 4.74 Å². The Morgan fingerprint density at radius 3 is 2.14 bits per heavy atom. The van der Waals surface area contributed by atoms with Crippen LogP contribution in [-0.4, -0.2) is 0 Å². The lowest BCUT2D eigenvalue weighted by atomic mass is 9.87. The summed E-state index contributed by atoms with van der Waals surface area (Å²) in [6.45, 7) is 11.3. The fraction of sp³-hybridized carbons (Fsp3) is 0.368. The van der Waals surface area contributed by atoms with Crippen LogP contribution in [-0.2, 0) is 12.0 Å². The molecule has 0 fully saturated rings. The summed E-state index contributed by atoms with van der Waals surface area (Å²) in [5, 5.41) is 0. The molecule has 0 bridgehead atoms. The molecule has 0 amide bonds. The van der Waals surface area contributed by atoms with Crippen LogP contribution in [0.25, 0.3) is 0 Å². The molecule has 0 aliphatic heterocycles. The summed E-state index contributed by atoms with van der Waals surface area (Å²) in [6, 6.07) is 12.6. The number of ether oxygens (including phenoxy) is 1. The summed E-state index contributed by atoms with van der Waals surface area (Å²) in [6.07, 6.45) is 0. The Labute approximate surface area is 127 Å². The molecule has 2 aromatic carbocycles. The summed E-state index contributed by atoms with van der Waals surface area (Å²) in [4.78, 5) is 0. The highest BCUT2D eigenvalue weighted by molar-refractivity contribution is 5.56. The molecule has 2 rings (SSSR count). The predicted molar refractivity (Wildman–Crippen MR) is 89.8 cm³/mol. The number of anilines is 1. The van der Waals surface area contributed by atoms with Crippen LogP contribution in [0.5, 0.6) is 5.75 Å². The van der Waals surface area contributed by atoms with Gasteiger partial charge in [0.15, 0.2) is 0 Å². The Morgan fingerprint density at radius 2 is 1.57 bits per heavy atom. The molecule has 0 aliphatic rings.